The molecule has 1 aromatic carbocycles. The van der Waals surface area contributed by atoms with E-state index in [1.807, 2.05) is 0 Å². The van der Waals surface area contributed by atoms with E-state index in [0.717, 1.165) is 24.1 Å². The van der Waals surface area contributed by atoms with Crippen molar-refractivity contribution in [2.75, 3.05) is 43.8 Å². The van der Waals surface area contributed by atoms with E-state index in [1.54, 1.807) is 0 Å². The van der Waals surface area contributed by atoms with E-state index in [0.29, 0.717) is 19.1 Å². The molecule has 2 aliphatic carbocycles. The van der Waals surface area contributed by atoms with Gasteiger partial charge in [-0.25, -0.2) is 13.2 Å². The Hall–Kier alpha value is -2.32. The highest BCUT2D eigenvalue weighted by Gasteiger charge is 2.40. The second-order valence-corrected chi connectivity index (χ2v) is 14.5. The lowest BCUT2D eigenvalue weighted by Gasteiger charge is -2.41. The van der Waals surface area contributed by atoms with Crippen LogP contribution in [-0.4, -0.2) is 90.4 Å². The largest absolute Gasteiger partial charge is 0.573 e. The summed E-state index contributed by atoms with van der Waals surface area (Å²) in [6.07, 6.45) is 3.90. The number of ether oxygens (including phenoxy) is 1. The minimum absolute atomic E-state index is 0.0149. The minimum Gasteiger partial charge on any atom is -0.405 e. The molecule has 2 amide bonds. The van der Waals surface area contributed by atoms with Crippen molar-refractivity contribution in [3.63, 3.8) is 0 Å². The fourth-order valence-corrected chi connectivity index (χ4v) is 8.21. The maximum Gasteiger partial charge on any atom is 0.573 e. The van der Waals surface area contributed by atoms with Gasteiger partial charge in [-0.2, -0.15) is 0 Å². The third kappa shape index (κ3) is 7.50. The van der Waals surface area contributed by atoms with Crippen LogP contribution in [0.4, 0.5) is 23.7 Å². The van der Waals surface area contributed by atoms with E-state index < -0.39 is 45.4 Å². The fourth-order valence-electron chi connectivity index (χ4n) is 6.57. The van der Waals surface area contributed by atoms with Crippen molar-refractivity contribution >= 4 is 33.2 Å². The van der Waals surface area contributed by atoms with Gasteiger partial charge in [0.05, 0.1) is 10.9 Å². The molecule has 2 fully saturated rings. The van der Waals surface area contributed by atoms with Crippen molar-refractivity contribution in [2.45, 2.75) is 69.5 Å². The van der Waals surface area contributed by atoms with Crippen LogP contribution in [0, 0.1) is 5.92 Å². The Labute approximate surface area is 255 Å². The van der Waals surface area contributed by atoms with Crippen molar-refractivity contribution < 1.29 is 36.2 Å². The number of aliphatic hydroxyl groups is 1. The van der Waals surface area contributed by atoms with Crippen LogP contribution in [0.2, 0.25) is 0 Å². The van der Waals surface area contributed by atoms with Crippen LogP contribution in [0.15, 0.2) is 35.4 Å². The van der Waals surface area contributed by atoms with Gasteiger partial charge in [0.15, 0.2) is 16.1 Å². The number of aliphatic hydroxyl groups excluding tert-OH is 1. The van der Waals surface area contributed by atoms with Gasteiger partial charge in [0.2, 0.25) is 0 Å². The van der Waals surface area contributed by atoms with Crippen LogP contribution >= 0.6 is 11.6 Å². The first-order valence-corrected chi connectivity index (χ1v) is 16.9. The SMILES string of the molecule is CCS(=O)(=O)C1C=CC(Cl)=CC1CN1C(=O)Nc2cc(CN3CCN(C4CCCCC4)CC3)c(OC(F)(F)F)cc2C1O. The standard InChI is InChI=1S/C29H38ClF3N4O5S/c1-2-43(40,41)26-9-8-21(30)14-20(26)18-37-27(38)23-16-25(42-29(31,32)33)19(15-24(23)34-28(37)39)17-35-10-12-36(13-11-35)22-6-4-3-5-7-22/h8-9,14-16,20,22,26-27,38H,2-7,10-13,17-18H2,1H3,(H,34,39). The van der Waals surface area contributed by atoms with Gasteiger partial charge < -0.3 is 15.2 Å². The Kier molecular flexibility index (Phi) is 9.67. The van der Waals surface area contributed by atoms with Crippen LogP contribution in [0.1, 0.15) is 56.4 Å². The van der Waals surface area contributed by atoms with Gasteiger partial charge >= 0.3 is 12.4 Å². The number of halogens is 4. The highest BCUT2D eigenvalue weighted by Crippen LogP contribution is 2.40. The number of nitrogens with one attached hydrogen (secondary N) is 1. The number of hydrogen-bond acceptors (Lipinski definition) is 7. The number of alkyl halides is 3. The number of allylic oxidation sites excluding steroid dienone is 2. The van der Waals surface area contributed by atoms with Crippen LogP contribution in [0.25, 0.3) is 0 Å². The Bertz CT molecular complexity index is 1360. The van der Waals surface area contributed by atoms with E-state index in [4.69, 9.17) is 11.6 Å². The van der Waals surface area contributed by atoms with E-state index in [1.165, 1.54) is 63.3 Å². The Morgan fingerprint density at radius 2 is 1.81 bits per heavy atom. The van der Waals surface area contributed by atoms with E-state index in [9.17, 15) is 31.5 Å². The van der Waals surface area contributed by atoms with E-state index in [-0.39, 0.29) is 40.7 Å². The topological polar surface area (TPSA) is 102 Å². The van der Waals surface area contributed by atoms with Crippen LogP contribution < -0.4 is 10.1 Å². The predicted molar refractivity (Wildman–Crippen MR) is 157 cm³/mol. The van der Waals surface area contributed by atoms with Gasteiger partial charge in [0.25, 0.3) is 0 Å². The molecule has 0 aromatic heterocycles. The quantitative estimate of drug-likeness (QED) is 0.411. The summed E-state index contributed by atoms with van der Waals surface area (Å²) in [6, 6.07) is 2.39. The number of hydrogen-bond donors (Lipinski definition) is 2. The number of carbonyl (C=O) groups excluding carboxylic acids is 1. The van der Waals surface area contributed by atoms with Gasteiger partial charge in [-0.1, -0.05) is 49.9 Å². The second kappa shape index (κ2) is 13.0. The lowest BCUT2D eigenvalue weighted by molar-refractivity contribution is -0.275. The molecule has 5 rings (SSSR count). The average Bonchev–Trinajstić information content (AvgIpc) is 2.96. The number of piperazine rings is 1. The number of nitrogens with zero attached hydrogens (tertiary/aromatic N) is 3. The maximum atomic E-state index is 13.5. The van der Waals surface area contributed by atoms with Gasteiger partial charge in [-0.05, 0) is 31.1 Å². The Morgan fingerprint density at radius 3 is 2.47 bits per heavy atom. The van der Waals surface area contributed by atoms with Crippen molar-refractivity contribution in [3.05, 3.63) is 46.5 Å². The summed E-state index contributed by atoms with van der Waals surface area (Å²) in [5.41, 5.74) is 0.430. The monoisotopic (exact) mass is 646 g/mol. The van der Waals surface area contributed by atoms with Crippen LogP contribution in [-0.2, 0) is 16.4 Å². The van der Waals surface area contributed by atoms with Gasteiger partial charge in [0, 0.05) is 73.1 Å². The molecule has 0 bridgehead atoms. The molecule has 1 saturated carbocycles. The number of rotatable bonds is 8. The lowest BCUT2D eigenvalue weighted by Crippen LogP contribution is -2.50. The average molecular weight is 647 g/mol. The lowest BCUT2D eigenvalue weighted by atomic mass is 9.94. The Morgan fingerprint density at radius 1 is 1.12 bits per heavy atom. The molecule has 2 aliphatic heterocycles. The first kappa shape index (κ1) is 32.1. The fraction of sp³-hybridized carbons (Fsp3) is 0.621. The van der Waals surface area contributed by atoms with Gasteiger partial charge in [-0.3, -0.25) is 14.7 Å². The van der Waals surface area contributed by atoms with Crippen molar-refractivity contribution in [1.82, 2.24) is 14.7 Å². The molecule has 43 heavy (non-hydrogen) atoms. The first-order chi connectivity index (χ1) is 20.3. The third-order valence-corrected chi connectivity index (χ3v) is 11.3. The molecule has 0 radical (unpaired) electrons. The van der Waals surface area contributed by atoms with Crippen molar-refractivity contribution in [1.29, 1.82) is 0 Å². The molecule has 4 aliphatic rings. The summed E-state index contributed by atoms with van der Waals surface area (Å²) in [5, 5.41) is 13.2. The normalized spacial score (nSPS) is 26.2. The van der Waals surface area contributed by atoms with E-state index >= 15 is 0 Å². The molecular weight excluding hydrogens is 609 g/mol. The molecule has 3 unspecified atom stereocenters. The molecule has 9 nitrogen and oxygen atoms in total. The zero-order chi connectivity index (χ0) is 30.9. The van der Waals surface area contributed by atoms with E-state index in [2.05, 4.69) is 19.9 Å². The number of carbonyl (C=O) groups is 1. The molecule has 1 saturated heterocycles. The van der Waals surface area contributed by atoms with Crippen molar-refractivity contribution in [3.8, 4) is 5.75 Å². The molecule has 0 spiro atoms. The number of benzene rings is 1. The molecule has 238 valence electrons. The second-order valence-electron chi connectivity index (χ2n) is 11.6. The molecule has 1 aromatic rings. The molecule has 2 N–H and O–H groups in total. The van der Waals surface area contributed by atoms with Gasteiger partial charge in [-0.15, -0.1) is 13.2 Å². The highest BCUT2D eigenvalue weighted by atomic mass is 35.5. The van der Waals surface area contributed by atoms with Crippen LogP contribution in [0.3, 0.4) is 0 Å². The molecule has 3 atom stereocenters. The zero-order valence-corrected chi connectivity index (χ0v) is 25.6. The third-order valence-electron chi connectivity index (χ3n) is 8.89. The smallest absolute Gasteiger partial charge is 0.405 e. The van der Waals surface area contributed by atoms with Gasteiger partial charge in [0.1, 0.15) is 5.75 Å². The summed E-state index contributed by atoms with van der Waals surface area (Å²) < 4.78 is 70.3. The maximum absolute atomic E-state index is 13.5. The van der Waals surface area contributed by atoms with Crippen molar-refractivity contribution in [2.24, 2.45) is 5.92 Å². The number of urea groups is 1. The Balaban J connectivity index is 1.36. The number of amides is 2. The number of fused-ring (bicyclic) bond motifs is 1. The van der Waals surface area contributed by atoms with Crippen LogP contribution in [0.5, 0.6) is 5.75 Å². The minimum atomic E-state index is -4.97. The summed E-state index contributed by atoms with van der Waals surface area (Å²) >= 11 is 6.14. The highest BCUT2D eigenvalue weighted by molar-refractivity contribution is 7.92. The predicted octanol–water partition coefficient (Wildman–Crippen LogP) is 4.99. The molecule has 2 heterocycles. The summed E-state index contributed by atoms with van der Waals surface area (Å²) in [5.74, 6) is -1.37. The summed E-state index contributed by atoms with van der Waals surface area (Å²) in [6.45, 7) is 4.50. The molecule has 14 heteroatoms. The number of anilines is 1. The zero-order valence-electron chi connectivity index (χ0n) is 24.0. The number of sulfone groups is 1. The summed E-state index contributed by atoms with van der Waals surface area (Å²) in [7, 11) is -3.58. The summed E-state index contributed by atoms with van der Waals surface area (Å²) in [4.78, 5) is 18.7. The molecular formula is C29H38ClF3N4O5S. The first-order valence-electron chi connectivity index (χ1n) is 14.8.